The minimum absolute atomic E-state index is 0.226. The third kappa shape index (κ3) is 4.81. The molecule has 0 aliphatic carbocycles. The molecule has 0 aliphatic rings. The highest BCUT2D eigenvalue weighted by molar-refractivity contribution is 6.34. The van der Waals surface area contributed by atoms with E-state index in [9.17, 15) is 9.59 Å². The second-order valence-corrected chi connectivity index (χ2v) is 5.17. The number of hydrogen-bond acceptors (Lipinski definition) is 3. The van der Waals surface area contributed by atoms with Crippen LogP contribution in [0.5, 0.6) is 0 Å². The highest BCUT2D eigenvalue weighted by Gasteiger charge is 2.11. The van der Waals surface area contributed by atoms with Crippen LogP contribution >= 0.6 is 11.6 Å². The summed E-state index contributed by atoms with van der Waals surface area (Å²) in [6, 6.07) is 13.5. The molecule has 2 N–H and O–H groups in total. The zero-order chi connectivity index (χ0) is 16.7. The molecule has 2 aromatic carbocycles. The molecule has 6 heteroatoms. The van der Waals surface area contributed by atoms with E-state index in [0.717, 1.165) is 0 Å². The Morgan fingerprint density at radius 2 is 1.87 bits per heavy atom. The van der Waals surface area contributed by atoms with Crippen LogP contribution in [-0.4, -0.2) is 32.1 Å². The third-order valence-electron chi connectivity index (χ3n) is 3.09. The number of methoxy groups -OCH3 is 1. The molecule has 0 atom stereocenters. The highest BCUT2D eigenvalue weighted by atomic mass is 35.5. The molecule has 0 aliphatic heterocycles. The van der Waals surface area contributed by atoms with Crippen molar-refractivity contribution >= 4 is 29.1 Å². The van der Waals surface area contributed by atoms with Crippen LogP contribution in [0.1, 0.15) is 20.7 Å². The number of benzene rings is 2. The molecule has 23 heavy (non-hydrogen) atoms. The van der Waals surface area contributed by atoms with Crippen molar-refractivity contribution in [1.82, 2.24) is 5.32 Å². The van der Waals surface area contributed by atoms with Gasteiger partial charge in [0.05, 0.1) is 17.2 Å². The van der Waals surface area contributed by atoms with Crippen LogP contribution in [0.3, 0.4) is 0 Å². The second-order valence-electron chi connectivity index (χ2n) is 4.76. The van der Waals surface area contributed by atoms with Gasteiger partial charge in [0, 0.05) is 24.9 Å². The van der Waals surface area contributed by atoms with E-state index in [-0.39, 0.29) is 11.8 Å². The van der Waals surface area contributed by atoms with E-state index < -0.39 is 0 Å². The average molecular weight is 333 g/mol. The summed E-state index contributed by atoms with van der Waals surface area (Å²) >= 11 is 6.00. The Hall–Kier alpha value is -2.37. The Bertz CT molecular complexity index is 704. The van der Waals surface area contributed by atoms with Crippen LogP contribution in [-0.2, 0) is 4.74 Å². The van der Waals surface area contributed by atoms with Crippen molar-refractivity contribution in [3.63, 3.8) is 0 Å². The number of carbonyl (C=O) groups excluding carboxylic acids is 2. The number of halogens is 1. The molecule has 120 valence electrons. The minimum atomic E-state index is -0.326. The van der Waals surface area contributed by atoms with Gasteiger partial charge >= 0.3 is 0 Å². The van der Waals surface area contributed by atoms with Gasteiger partial charge in [0.25, 0.3) is 11.8 Å². The molecule has 2 aromatic rings. The van der Waals surface area contributed by atoms with E-state index in [1.54, 1.807) is 55.6 Å². The van der Waals surface area contributed by atoms with E-state index in [1.807, 2.05) is 0 Å². The van der Waals surface area contributed by atoms with Crippen LogP contribution in [0.4, 0.5) is 5.69 Å². The average Bonchev–Trinajstić information content (AvgIpc) is 2.55. The predicted octanol–water partition coefficient (Wildman–Crippen LogP) is 2.97. The van der Waals surface area contributed by atoms with Crippen LogP contribution < -0.4 is 10.6 Å². The summed E-state index contributed by atoms with van der Waals surface area (Å²) in [5, 5.41) is 5.83. The van der Waals surface area contributed by atoms with Gasteiger partial charge in [-0.3, -0.25) is 9.59 Å². The number of hydrogen-bond donors (Lipinski definition) is 2. The molecule has 0 unspecified atom stereocenters. The zero-order valence-corrected chi connectivity index (χ0v) is 13.4. The molecule has 0 aromatic heterocycles. The fourth-order valence-corrected chi connectivity index (χ4v) is 2.17. The lowest BCUT2D eigenvalue weighted by Crippen LogP contribution is -2.27. The van der Waals surface area contributed by atoms with Gasteiger partial charge in [0.1, 0.15) is 0 Å². The van der Waals surface area contributed by atoms with Gasteiger partial charge < -0.3 is 15.4 Å². The third-order valence-corrected chi connectivity index (χ3v) is 3.42. The summed E-state index contributed by atoms with van der Waals surface area (Å²) < 4.78 is 4.88. The molecule has 0 heterocycles. The van der Waals surface area contributed by atoms with Crippen molar-refractivity contribution in [1.29, 1.82) is 0 Å². The van der Waals surface area contributed by atoms with Crippen molar-refractivity contribution < 1.29 is 14.3 Å². The number of nitrogens with one attached hydrogen (secondary N) is 2. The monoisotopic (exact) mass is 332 g/mol. The molecule has 0 radical (unpaired) electrons. The normalized spacial score (nSPS) is 10.2. The summed E-state index contributed by atoms with van der Waals surface area (Å²) in [6.07, 6.45) is 0. The van der Waals surface area contributed by atoms with Gasteiger partial charge in [-0.2, -0.15) is 0 Å². The van der Waals surface area contributed by atoms with E-state index in [0.29, 0.717) is 35.0 Å². The molecule has 0 spiro atoms. The van der Waals surface area contributed by atoms with Gasteiger partial charge in [0.15, 0.2) is 0 Å². The minimum Gasteiger partial charge on any atom is -0.383 e. The smallest absolute Gasteiger partial charge is 0.257 e. The Labute approximate surface area is 139 Å². The maximum absolute atomic E-state index is 12.2. The number of ether oxygens (including phenoxy) is 1. The summed E-state index contributed by atoms with van der Waals surface area (Å²) in [5.74, 6) is -0.552. The summed E-state index contributed by atoms with van der Waals surface area (Å²) in [6.45, 7) is 0.861. The van der Waals surface area contributed by atoms with Crippen LogP contribution in [0.25, 0.3) is 0 Å². The van der Waals surface area contributed by atoms with E-state index in [4.69, 9.17) is 16.3 Å². The molecule has 0 saturated heterocycles. The fraction of sp³-hybridized carbons (Fsp3) is 0.176. The molecule has 0 bridgehead atoms. The Kier molecular flexibility index (Phi) is 6.14. The molecule has 2 amide bonds. The quantitative estimate of drug-likeness (QED) is 0.799. The van der Waals surface area contributed by atoms with E-state index >= 15 is 0 Å². The molecular weight excluding hydrogens is 316 g/mol. The largest absolute Gasteiger partial charge is 0.383 e. The first-order chi connectivity index (χ1) is 11.1. The van der Waals surface area contributed by atoms with Gasteiger partial charge in [-0.15, -0.1) is 0 Å². The van der Waals surface area contributed by atoms with Gasteiger partial charge in [-0.05, 0) is 30.3 Å². The van der Waals surface area contributed by atoms with E-state index in [2.05, 4.69) is 10.6 Å². The van der Waals surface area contributed by atoms with Gasteiger partial charge in [0.2, 0.25) is 0 Å². The van der Waals surface area contributed by atoms with Crippen molar-refractivity contribution in [2.24, 2.45) is 0 Å². The number of amides is 2. The number of anilines is 1. The molecule has 0 saturated carbocycles. The first-order valence-corrected chi connectivity index (χ1v) is 7.42. The molecule has 5 nitrogen and oxygen atoms in total. The van der Waals surface area contributed by atoms with E-state index in [1.165, 1.54) is 0 Å². The predicted molar refractivity (Wildman–Crippen MR) is 90.1 cm³/mol. The fourth-order valence-electron chi connectivity index (χ4n) is 1.95. The zero-order valence-electron chi connectivity index (χ0n) is 12.6. The lowest BCUT2D eigenvalue weighted by molar-refractivity contribution is 0.0936. The van der Waals surface area contributed by atoms with Crippen LogP contribution in [0.15, 0.2) is 48.5 Å². The highest BCUT2D eigenvalue weighted by Crippen LogP contribution is 2.18. The number of rotatable bonds is 6. The Morgan fingerprint density at radius 3 is 2.61 bits per heavy atom. The van der Waals surface area contributed by atoms with Crippen molar-refractivity contribution in [2.75, 3.05) is 25.6 Å². The summed E-state index contributed by atoms with van der Waals surface area (Å²) in [5.41, 5.74) is 1.36. The molecule has 2 rings (SSSR count). The van der Waals surface area contributed by atoms with Crippen molar-refractivity contribution in [3.8, 4) is 0 Å². The lowest BCUT2D eigenvalue weighted by atomic mass is 10.1. The second kappa shape index (κ2) is 8.31. The lowest BCUT2D eigenvalue weighted by Gasteiger charge is -2.09. The SMILES string of the molecule is COCCNC(=O)c1cccc(NC(=O)c2ccccc2Cl)c1. The van der Waals surface area contributed by atoms with Gasteiger partial charge in [-0.25, -0.2) is 0 Å². The Balaban J connectivity index is 2.07. The van der Waals surface area contributed by atoms with Gasteiger partial charge in [-0.1, -0.05) is 29.8 Å². The van der Waals surface area contributed by atoms with Crippen LogP contribution in [0, 0.1) is 0 Å². The first kappa shape index (κ1) is 17.0. The first-order valence-electron chi connectivity index (χ1n) is 7.05. The summed E-state index contributed by atoms with van der Waals surface area (Å²) in [7, 11) is 1.57. The maximum atomic E-state index is 12.2. The molecule has 0 fully saturated rings. The van der Waals surface area contributed by atoms with Crippen LogP contribution in [0.2, 0.25) is 5.02 Å². The van der Waals surface area contributed by atoms with Crippen molar-refractivity contribution in [2.45, 2.75) is 0 Å². The number of carbonyl (C=O) groups is 2. The topological polar surface area (TPSA) is 67.4 Å². The Morgan fingerprint density at radius 1 is 1.09 bits per heavy atom. The summed E-state index contributed by atoms with van der Waals surface area (Å²) in [4.78, 5) is 24.2. The maximum Gasteiger partial charge on any atom is 0.257 e. The molecular formula is C17H17ClN2O3. The standard InChI is InChI=1S/C17H17ClN2O3/c1-23-10-9-19-16(21)12-5-4-6-13(11-12)20-17(22)14-7-2-3-8-15(14)18/h2-8,11H,9-10H2,1H3,(H,19,21)(H,20,22). The van der Waals surface area contributed by atoms with Crippen molar-refractivity contribution in [3.05, 3.63) is 64.7 Å².